The predicted octanol–water partition coefficient (Wildman–Crippen LogP) is 2.33. The van der Waals surface area contributed by atoms with Gasteiger partial charge in [-0.15, -0.1) is 0 Å². The maximum absolute atomic E-state index is 11.9. The number of hydrazone groups is 1. The van der Waals surface area contributed by atoms with Crippen molar-refractivity contribution in [3.8, 4) is 17.2 Å². The zero-order valence-corrected chi connectivity index (χ0v) is 12.6. The Morgan fingerprint density at radius 2 is 2.00 bits per heavy atom. The van der Waals surface area contributed by atoms with Crippen molar-refractivity contribution in [3.63, 3.8) is 0 Å². The van der Waals surface area contributed by atoms with Crippen LogP contribution in [0.3, 0.4) is 0 Å². The van der Waals surface area contributed by atoms with Crippen molar-refractivity contribution in [1.82, 2.24) is 5.43 Å². The monoisotopic (exact) mass is 312 g/mol. The molecule has 0 unspecified atom stereocenters. The first-order valence-electron chi connectivity index (χ1n) is 7.16. The second kappa shape index (κ2) is 6.83. The van der Waals surface area contributed by atoms with Gasteiger partial charge in [0.2, 0.25) is 6.79 Å². The fourth-order valence-corrected chi connectivity index (χ4v) is 2.01. The van der Waals surface area contributed by atoms with Crippen LogP contribution >= 0.6 is 0 Å². The van der Waals surface area contributed by atoms with E-state index >= 15 is 0 Å². The number of para-hydroxylation sites is 1. The van der Waals surface area contributed by atoms with Crippen LogP contribution in [0.15, 0.2) is 53.6 Å². The third-order valence-corrected chi connectivity index (χ3v) is 3.21. The lowest BCUT2D eigenvalue weighted by molar-refractivity contribution is -0.127. The number of benzene rings is 2. The minimum absolute atomic E-state index is 0.223. The lowest BCUT2D eigenvalue weighted by Crippen LogP contribution is -2.33. The van der Waals surface area contributed by atoms with E-state index in [1.165, 1.54) is 6.21 Å². The Bertz CT molecular complexity index is 716. The summed E-state index contributed by atoms with van der Waals surface area (Å²) in [5.74, 6) is 1.68. The molecule has 2 aromatic rings. The Kier molecular flexibility index (Phi) is 4.42. The van der Waals surface area contributed by atoms with E-state index in [4.69, 9.17) is 14.2 Å². The molecule has 3 rings (SSSR count). The Morgan fingerprint density at radius 3 is 2.83 bits per heavy atom. The first-order valence-corrected chi connectivity index (χ1v) is 7.16. The van der Waals surface area contributed by atoms with E-state index in [9.17, 15) is 4.79 Å². The smallest absolute Gasteiger partial charge is 0.280 e. The molecule has 0 saturated heterocycles. The Hall–Kier alpha value is -3.02. The molecule has 1 amide bonds. The van der Waals surface area contributed by atoms with E-state index in [-0.39, 0.29) is 12.7 Å². The standard InChI is InChI=1S/C17H16N2O4/c1-12(23-14-5-3-2-4-6-14)17(20)19-18-10-13-7-8-15-16(9-13)22-11-21-15/h2-10,12H,11H2,1H3,(H,19,20)/t12-/m0/s1. The van der Waals surface area contributed by atoms with Crippen LogP contribution in [0.2, 0.25) is 0 Å². The molecule has 0 aromatic heterocycles. The molecule has 6 heteroatoms. The molecule has 0 saturated carbocycles. The molecule has 1 atom stereocenters. The molecular formula is C17H16N2O4. The van der Waals surface area contributed by atoms with Gasteiger partial charge in [-0.05, 0) is 42.8 Å². The van der Waals surface area contributed by atoms with E-state index in [1.54, 1.807) is 31.2 Å². The molecule has 1 aliphatic heterocycles. The molecule has 0 bridgehead atoms. The fourth-order valence-electron chi connectivity index (χ4n) is 2.01. The minimum Gasteiger partial charge on any atom is -0.481 e. The third-order valence-electron chi connectivity index (χ3n) is 3.21. The number of carbonyl (C=O) groups excluding carboxylic acids is 1. The molecule has 0 radical (unpaired) electrons. The summed E-state index contributed by atoms with van der Waals surface area (Å²) in [6, 6.07) is 14.6. The topological polar surface area (TPSA) is 69.2 Å². The summed E-state index contributed by atoms with van der Waals surface area (Å²) >= 11 is 0. The molecule has 1 N–H and O–H groups in total. The first-order chi connectivity index (χ1) is 11.2. The van der Waals surface area contributed by atoms with Crippen LogP contribution in [-0.2, 0) is 4.79 Å². The number of ether oxygens (including phenoxy) is 3. The maximum atomic E-state index is 11.9. The molecule has 2 aromatic carbocycles. The van der Waals surface area contributed by atoms with E-state index in [0.717, 1.165) is 5.56 Å². The van der Waals surface area contributed by atoms with Crippen LogP contribution in [0.1, 0.15) is 12.5 Å². The van der Waals surface area contributed by atoms with Crippen molar-refractivity contribution in [2.24, 2.45) is 5.10 Å². The van der Waals surface area contributed by atoms with Crippen molar-refractivity contribution in [2.45, 2.75) is 13.0 Å². The van der Waals surface area contributed by atoms with Gasteiger partial charge in [0.25, 0.3) is 5.91 Å². The van der Waals surface area contributed by atoms with Crippen LogP contribution in [0.5, 0.6) is 17.2 Å². The molecule has 0 aliphatic carbocycles. The molecule has 1 aliphatic rings. The molecular weight excluding hydrogens is 296 g/mol. The van der Waals surface area contributed by atoms with Gasteiger partial charge in [-0.1, -0.05) is 18.2 Å². The first kappa shape index (κ1) is 14.9. The Morgan fingerprint density at radius 1 is 1.22 bits per heavy atom. The number of fused-ring (bicyclic) bond motifs is 1. The van der Waals surface area contributed by atoms with Crippen LogP contribution in [-0.4, -0.2) is 25.0 Å². The number of hydrogen-bond acceptors (Lipinski definition) is 5. The summed E-state index contributed by atoms with van der Waals surface area (Å²) in [7, 11) is 0. The largest absolute Gasteiger partial charge is 0.481 e. The van der Waals surface area contributed by atoms with Crippen LogP contribution in [0, 0.1) is 0 Å². The van der Waals surface area contributed by atoms with Crippen molar-refractivity contribution < 1.29 is 19.0 Å². The van der Waals surface area contributed by atoms with E-state index in [2.05, 4.69) is 10.5 Å². The number of carbonyl (C=O) groups is 1. The molecule has 0 spiro atoms. The molecule has 118 valence electrons. The van der Waals surface area contributed by atoms with Gasteiger partial charge < -0.3 is 14.2 Å². The molecule has 6 nitrogen and oxygen atoms in total. The van der Waals surface area contributed by atoms with Gasteiger partial charge in [0.1, 0.15) is 5.75 Å². The number of nitrogens with one attached hydrogen (secondary N) is 1. The predicted molar refractivity (Wildman–Crippen MR) is 84.8 cm³/mol. The number of hydrogen-bond donors (Lipinski definition) is 1. The fraction of sp³-hybridized carbons (Fsp3) is 0.176. The average Bonchev–Trinajstić information content (AvgIpc) is 3.03. The Balaban J connectivity index is 1.54. The highest BCUT2D eigenvalue weighted by Gasteiger charge is 2.14. The highest BCUT2D eigenvalue weighted by molar-refractivity contribution is 5.85. The lowest BCUT2D eigenvalue weighted by atomic mass is 10.2. The summed E-state index contributed by atoms with van der Waals surface area (Å²) in [5.41, 5.74) is 3.25. The van der Waals surface area contributed by atoms with Gasteiger partial charge in [-0.25, -0.2) is 5.43 Å². The molecule has 0 fully saturated rings. The van der Waals surface area contributed by atoms with Crippen LogP contribution in [0.4, 0.5) is 0 Å². The van der Waals surface area contributed by atoms with E-state index in [1.807, 2.05) is 24.3 Å². The highest BCUT2D eigenvalue weighted by atomic mass is 16.7. The van der Waals surface area contributed by atoms with Gasteiger partial charge >= 0.3 is 0 Å². The van der Waals surface area contributed by atoms with Crippen LogP contribution < -0.4 is 19.6 Å². The van der Waals surface area contributed by atoms with Crippen molar-refractivity contribution in [2.75, 3.05) is 6.79 Å². The van der Waals surface area contributed by atoms with E-state index < -0.39 is 6.10 Å². The van der Waals surface area contributed by atoms with Crippen molar-refractivity contribution in [3.05, 3.63) is 54.1 Å². The second-order valence-corrected chi connectivity index (χ2v) is 4.92. The lowest BCUT2D eigenvalue weighted by Gasteiger charge is -2.12. The van der Waals surface area contributed by atoms with E-state index in [0.29, 0.717) is 17.2 Å². The van der Waals surface area contributed by atoms with Crippen LogP contribution in [0.25, 0.3) is 0 Å². The van der Waals surface area contributed by atoms with Gasteiger partial charge in [0.15, 0.2) is 17.6 Å². The normalized spacial score (nSPS) is 13.8. The Labute approximate surface area is 133 Å². The minimum atomic E-state index is -0.647. The third kappa shape index (κ3) is 3.79. The number of nitrogens with zero attached hydrogens (tertiary/aromatic N) is 1. The summed E-state index contributed by atoms with van der Waals surface area (Å²) in [6.07, 6.45) is 0.890. The molecule has 23 heavy (non-hydrogen) atoms. The van der Waals surface area contributed by atoms with Gasteiger partial charge in [0.05, 0.1) is 6.21 Å². The highest BCUT2D eigenvalue weighted by Crippen LogP contribution is 2.31. The van der Waals surface area contributed by atoms with Crippen molar-refractivity contribution >= 4 is 12.1 Å². The van der Waals surface area contributed by atoms with Gasteiger partial charge in [0, 0.05) is 0 Å². The quantitative estimate of drug-likeness (QED) is 0.679. The van der Waals surface area contributed by atoms with Crippen molar-refractivity contribution in [1.29, 1.82) is 0 Å². The number of rotatable bonds is 5. The summed E-state index contributed by atoms with van der Waals surface area (Å²) in [4.78, 5) is 11.9. The zero-order chi connectivity index (χ0) is 16.1. The number of amides is 1. The summed E-state index contributed by atoms with van der Waals surface area (Å²) < 4.78 is 16.0. The van der Waals surface area contributed by atoms with Gasteiger partial charge in [-0.2, -0.15) is 5.10 Å². The summed E-state index contributed by atoms with van der Waals surface area (Å²) in [6.45, 7) is 1.89. The summed E-state index contributed by atoms with van der Waals surface area (Å²) in [5, 5.41) is 3.93. The molecule has 1 heterocycles. The second-order valence-electron chi connectivity index (χ2n) is 4.92. The SMILES string of the molecule is C[C@H](Oc1ccccc1)C(=O)NN=Cc1ccc2c(c1)OCO2. The van der Waals surface area contributed by atoms with Gasteiger partial charge in [-0.3, -0.25) is 4.79 Å². The zero-order valence-electron chi connectivity index (χ0n) is 12.6. The maximum Gasteiger partial charge on any atom is 0.280 e. The average molecular weight is 312 g/mol.